The molecule has 2 rings (SSSR count). The van der Waals surface area contributed by atoms with E-state index in [0.29, 0.717) is 6.54 Å². The van der Waals surface area contributed by atoms with Crippen LogP contribution in [0, 0.1) is 5.92 Å². The third-order valence-corrected chi connectivity index (χ3v) is 3.58. The van der Waals surface area contributed by atoms with Gasteiger partial charge in [0.05, 0.1) is 18.1 Å². The van der Waals surface area contributed by atoms with E-state index in [-0.39, 0.29) is 24.3 Å². The van der Waals surface area contributed by atoms with Crippen molar-refractivity contribution in [3.63, 3.8) is 0 Å². The normalized spacial score (nSPS) is 12.2. The Labute approximate surface area is 135 Å². The van der Waals surface area contributed by atoms with Crippen molar-refractivity contribution in [2.45, 2.75) is 26.4 Å². The average Bonchev–Trinajstić information content (AvgIpc) is 2.56. The highest BCUT2D eigenvalue weighted by Gasteiger charge is 2.17. The molecule has 0 fully saturated rings. The van der Waals surface area contributed by atoms with Crippen molar-refractivity contribution in [3.05, 3.63) is 42.1 Å². The molecule has 122 valence electrons. The van der Waals surface area contributed by atoms with Crippen molar-refractivity contribution >= 4 is 22.7 Å². The lowest BCUT2D eigenvalue weighted by molar-refractivity contribution is -0.127. The molecule has 1 aromatic carbocycles. The molecule has 0 aliphatic carbocycles. The Morgan fingerprint density at radius 3 is 2.70 bits per heavy atom. The van der Waals surface area contributed by atoms with Crippen LogP contribution in [-0.4, -0.2) is 29.4 Å². The highest BCUT2D eigenvalue weighted by Crippen LogP contribution is 2.12. The molecule has 0 bridgehead atoms. The van der Waals surface area contributed by atoms with Gasteiger partial charge in [-0.1, -0.05) is 32.0 Å². The zero-order valence-electron chi connectivity index (χ0n) is 13.4. The molecule has 2 amide bonds. The first-order valence-electron chi connectivity index (χ1n) is 7.61. The van der Waals surface area contributed by atoms with E-state index >= 15 is 0 Å². The topological polar surface area (TPSA) is 97.1 Å². The van der Waals surface area contributed by atoms with Gasteiger partial charge in [0.2, 0.25) is 11.8 Å². The summed E-state index contributed by atoms with van der Waals surface area (Å²) in [7, 11) is 0. The molecule has 0 aliphatic heterocycles. The number of nitrogens with one attached hydrogen (secondary N) is 2. The summed E-state index contributed by atoms with van der Waals surface area (Å²) in [4.78, 5) is 27.8. The monoisotopic (exact) mass is 314 g/mol. The number of aromatic nitrogens is 1. The molecule has 6 nitrogen and oxygen atoms in total. The van der Waals surface area contributed by atoms with Crippen molar-refractivity contribution in [2.24, 2.45) is 11.7 Å². The van der Waals surface area contributed by atoms with E-state index < -0.39 is 6.04 Å². The SMILES string of the molecule is CC(C)[C@H](N)C(=O)NCC(=O)NCc1cnc2ccccc2c1. The van der Waals surface area contributed by atoms with Crippen LogP contribution in [0.4, 0.5) is 0 Å². The number of pyridine rings is 1. The highest BCUT2D eigenvalue weighted by molar-refractivity contribution is 5.87. The number of carbonyl (C=O) groups is 2. The summed E-state index contributed by atoms with van der Waals surface area (Å²) in [5.41, 5.74) is 7.53. The summed E-state index contributed by atoms with van der Waals surface area (Å²) in [6.07, 6.45) is 1.73. The molecule has 4 N–H and O–H groups in total. The molecule has 0 radical (unpaired) electrons. The fourth-order valence-electron chi connectivity index (χ4n) is 2.06. The quantitative estimate of drug-likeness (QED) is 0.739. The summed E-state index contributed by atoms with van der Waals surface area (Å²) >= 11 is 0. The number of hydrogen-bond donors (Lipinski definition) is 3. The molecule has 0 unspecified atom stereocenters. The van der Waals surface area contributed by atoms with E-state index in [1.807, 2.05) is 44.2 Å². The van der Waals surface area contributed by atoms with Crippen LogP contribution in [0.1, 0.15) is 19.4 Å². The maximum Gasteiger partial charge on any atom is 0.239 e. The number of fused-ring (bicyclic) bond motifs is 1. The molecule has 0 aliphatic rings. The number of rotatable bonds is 6. The van der Waals surface area contributed by atoms with Gasteiger partial charge in [-0.05, 0) is 23.6 Å². The minimum absolute atomic E-state index is 0.0294. The number of hydrogen-bond acceptors (Lipinski definition) is 4. The van der Waals surface area contributed by atoms with Crippen LogP contribution in [0.2, 0.25) is 0 Å². The number of benzene rings is 1. The first-order chi connectivity index (χ1) is 11.0. The first-order valence-corrected chi connectivity index (χ1v) is 7.61. The summed E-state index contributed by atoms with van der Waals surface area (Å²) in [6.45, 7) is 4.00. The van der Waals surface area contributed by atoms with Gasteiger partial charge < -0.3 is 16.4 Å². The number of nitrogens with two attached hydrogens (primary N) is 1. The van der Waals surface area contributed by atoms with Gasteiger partial charge in [0.15, 0.2) is 0 Å². The first kappa shape index (κ1) is 16.9. The van der Waals surface area contributed by atoms with Crippen molar-refractivity contribution in [1.29, 1.82) is 0 Å². The zero-order chi connectivity index (χ0) is 16.8. The minimum Gasteiger partial charge on any atom is -0.350 e. The van der Waals surface area contributed by atoms with Gasteiger partial charge in [0.1, 0.15) is 0 Å². The molecule has 2 aromatic rings. The fraction of sp³-hybridized carbons (Fsp3) is 0.353. The Hall–Kier alpha value is -2.47. The molecule has 23 heavy (non-hydrogen) atoms. The summed E-state index contributed by atoms with van der Waals surface area (Å²) in [5, 5.41) is 6.31. The Bertz CT molecular complexity index is 700. The van der Waals surface area contributed by atoms with Crippen LogP contribution in [-0.2, 0) is 16.1 Å². The van der Waals surface area contributed by atoms with Crippen molar-refractivity contribution in [2.75, 3.05) is 6.54 Å². The Morgan fingerprint density at radius 2 is 1.96 bits per heavy atom. The van der Waals surface area contributed by atoms with Gasteiger partial charge in [-0.2, -0.15) is 0 Å². The highest BCUT2D eigenvalue weighted by atomic mass is 16.2. The summed E-state index contributed by atoms with van der Waals surface area (Å²) < 4.78 is 0. The van der Waals surface area contributed by atoms with Crippen molar-refractivity contribution < 1.29 is 9.59 Å². The van der Waals surface area contributed by atoms with E-state index in [9.17, 15) is 9.59 Å². The maximum absolute atomic E-state index is 11.8. The summed E-state index contributed by atoms with van der Waals surface area (Å²) in [6, 6.07) is 9.16. The van der Waals surface area contributed by atoms with Crippen molar-refractivity contribution in [3.8, 4) is 0 Å². The molecule has 0 saturated carbocycles. The Kier molecular flexibility index (Phi) is 5.65. The number of para-hydroxylation sites is 1. The van der Waals surface area contributed by atoms with E-state index in [0.717, 1.165) is 16.5 Å². The second kappa shape index (κ2) is 7.69. The third-order valence-electron chi connectivity index (χ3n) is 3.58. The van der Waals surface area contributed by atoms with E-state index in [1.165, 1.54) is 0 Å². The van der Waals surface area contributed by atoms with Gasteiger partial charge in [0, 0.05) is 18.1 Å². The minimum atomic E-state index is -0.604. The molecule has 1 heterocycles. The standard InChI is InChI=1S/C17H22N4O2/c1-11(2)16(18)17(23)21-10-15(22)20-9-12-7-13-5-3-4-6-14(13)19-8-12/h3-8,11,16H,9-10,18H2,1-2H3,(H,20,22)(H,21,23)/t16-/m0/s1. The maximum atomic E-state index is 11.8. The van der Waals surface area contributed by atoms with Gasteiger partial charge in [0.25, 0.3) is 0 Å². The van der Waals surface area contributed by atoms with E-state index in [2.05, 4.69) is 15.6 Å². The summed E-state index contributed by atoms with van der Waals surface area (Å²) in [5.74, 6) is -0.549. The lowest BCUT2D eigenvalue weighted by Crippen LogP contribution is -2.47. The lowest BCUT2D eigenvalue weighted by atomic mass is 10.1. The predicted octanol–water partition coefficient (Wildman–Crippen LogP) is 0.951. The molecule has 6 heteroatoms. The zero-order valence-corrected chi connectivity index (χ0v) is 13.4. The number of amides is 2. The Morgan fingerprint density at radius 1 is 1.22 bits per heavy atom. The van der Waals surface area contributed by atoms with Crippen LogP contribution in [0.15, 0.2) is 36.5 Å². The molecular weight excluding hydrogens is 292 g/mol. The van der Waals surface area contributed by atoms with Gasteiger partial charge in [-0.25, -0.2) is 0 Å². The number of carbonyl (C=O) groups excluding carboxylic acids is 2. The lowest BCUT2D eigenvalue weighted by Gasteiger charge is -2.15. The van der Waals surface area contributed by atoms with Crippen LogP contribution in [0.3, 0.4) is 0 Å². The molecule has 0 spiro atoms. The van der Waals surface area contributed by atoms with Crippen LogP contribution < -0.4 is 16.4 Å². The van der Waals surface area contributed by atoms with Gasteiger partial charge >= 0.3 is 0 Å². The molecule has 1 aromatic heterocycles. The van der Waals surface area contributed by atoms with Crippen LogP contribution >= 0.6 is 0 Å². The number of nitrogens with zero attached hydrogens (tertiary/aromatic N) is 1. The van der Waals surface area contributed by atoms with Crippen molar-refractivity contribution in [1.82, 2.24) is 15.6 Å². The molecule has 0 saturated heterocycles. The Balaban J connectivity index is 1.82. The smallest absolute Gasteiger partial charge is 0.239 e. The van der Waals surface area contributed by atoms with Crippen LogP contribution in [0.25, 0.3) is 10.9 Å². The second-order valence-electron chi connectivity index (χ2n) is 5.80. The van der Waals surface area contributed by atoms with Gasteiger partial charge in [-0.3, -0.25) is 14.6 Å². The van der Waals surface area contributed by atoms with E-state index in [1.54, 1.807) is 6.20 Å². The third kappa shape index (κ3) is 4.75. The predicted molar refractivity (Wildman–Crippen MR) is 89.4 cm³/mol. The fourth-order valence-corrected chi connectivity index (χ4v) is 2.06. The largest absolute Gasteiger partial charge is 0.350 e. The molecular formula is C17H22N4O2. The van der Waals surface area contributed by atoms with Crippen LogP contribution in [0.5, 0.6) is 0 Å². The average molecular weight is 314 g/mol. The van der Waals surface area contributed by atoms with E-state index in [4.69, 9.17) is 5.73 Å². The molecule has 1 atom stereocenters. The second-order valence-corrected chi connectivity index (χ2v) is 5.80. The van der Waals surface area contributed by atoms with Gasteiger partial charge in [-0.15, -0.1) is 0 Å².